The average Bonchev–Trinajstić information content (AvgIpc) is 2.87. The Kier molecular flexibility index (Phi) is 5.27. The van der Waals surface area contributed by atoms with Crippen LogP contribution in [0.15, 0.2) is 24.3 Å². The van der Waals surface area contributed by atoms with Gasteiger partial charge in [0.2, 0.25) is 5.91 Å². The number of nitrogens with zero attached hydrogens (tertiary/aromatic N) is 1. The summed E-state index contributed by atoms with van der Waals surface area (Å²) >= 11 is 1.60. The van der Waals surface area contributed by atoms with Crippen LogP contribution in [0.3, 0.4) is 0 Å². The molecular weight excluding hydrogens is 288 g/mol. The van der Waals surface area contributed by atoms with E-state index < -0.39 is 11.9 Å². The molecule has 2 rings (SSSR count). The number of aromatic nitrogens is 1. The van der Waals surface area contributed by atoms with E-state index in [4.69, 9.17) is 5.11 Å². The lowest BCUT2D eigenvalue weighted by molar-refractivity contribution is -0.141. The number of aryl methyl sites for hydroxylation is 1. The van der Waals surface area contributed by atoms with Crippen LogP contribution in [0.4, 0.5) is 0 Å². The van der Waals surface area contributed by atoms with Crippen LogP contribution in [0.5, 0.6) is 0 Å². The molecule has 0 radical (unpaired) electrons. The van der Waals surface area contributed by atoms with Crippen molar-refractivity contribution in [1.82, 2.24) is 10.3 Å². The van der Waals surface area contributed by atoms with Crippen molar-refractivity contribution in [3.63, 3.8) is 0 Å². The minimum Gasteiger partial charge on any atom is -0.481 e. The molecular formula is C15H18N2O3S. The summed E-state index contributed by atoms with van der Waals surface area (Å²) in [6, 6.07) is 7.90. The van der Waals surface area contributed by atoms with Gasteiger partial charge in [-0.1, -0.05) is 19.1 Å². The molecule has 6 heteroatoms. The third kappa shape index (κ3) is 4.53. The number of carbonyl (C=O) groups is 2. The van der Waals surface area contributed by atoms with E-state index in [0.717, 1.165) is 15.2 Å². The Morgan fingerprint density at radius 1 is 1.38 bits per heavy atom. The van der Waals surface area contributed by atoms with Crippen LogP contribution in [-0.2, 0) is 16.0 Å². The number of carboxylic acids is 1. The normalized spacial score (nSPS) is 12.2. The summed E-state index contributed by atoms with van der Waals surface area (Å²) < 4.78 is 1.13. The average molecular weight is 306 g/mol. The zero-order valence-electron chi connectivity index (χ0n) is 11.8. The number of hydrogen-bond acceptors (Lipinski definition) is 4. The number of nitrogens with one attached hydrogen (secondary N) is 1. The Morgan fingerprint density at radius 2 is 2.14 bits per heavy atom. The molecule has 1 aromatic heterocycles. The molecule has 0 aliphatic carbocycles. The molecule has 2 aromatic rings. The smallest absolute Gasteiger partial charge is 0.306 e. The molecule has 0 bridgehead atoms. The predicted molar refractivity (Wildman–Crippen MR) is 82.4 cm³/mol. The van der Waals surface area contributed by atoms with Gasteiger partial charge >= 0.3 is 5.97 Å². The number of carboxylic acid groups (broad SMARTS) is 1. The lowest BCUT2D eigenvalue weighted by atomic mass is 10.1. The van der Waals surface area contributed by atoms with Crippen molar-refractivity contribution < 1.29 is 14.7 Å². The van der Waals surface area contributed by atoms with Gasteiger partial charge in [-0.15, -0.1) is 11.3 Å². The van der Waals surface area contributed by atoms with Crippen LogP contribution in [0.25, 0.3) is 10.2 Å². The second kappa shape index (κ2) is 7.17. The Hall–Kier alpha value is -1.95. The monoisotopic (exact) mass is 306 g/mol. The van der Waals surface area contributed by atoms with Crippen LogP contribution in [0.1, 0.15) is 24.8 Å². The minimum atomic E-state index is -0.835. The molecule has 0 spiro atoms. The number of aliphatic carboxylic acids is 1. The first-order valence-corrected chi connectivity index (χ1v) is 7.72. The van der Waals surface area contributed by atoms with E-state index in [1.165, 1.54) is 0 Å². The lowest BCUT2D eigenvalue weighted by Gasteiger charge is -2.07. The van der Waals surface area contributed by atoms with Gasteiger partial charge in [0, 0.05) is 19.4 Å². The quantitative estimate of drug-likeness (QED) is 0.823. The van der Waals surface area contributed by atoms with Crippen molar-refractivity contribution in [1.29, 1.82) is 0 Å². The van der Waals surface area contributed by atoms with E-state index in [0.29, 0.717) is 25.8 Å². The Labute approximate surface area is 127 Å². The number of hydrogen-bond donors (Lipinski definition) is 2. The van der Waals surface area contributed by atoms with Gasteiger partial charge in [-0.05, 0) is 18.6 Å². The van der Waals surface area contributed by atoms with Crippen LogP contribution < -0.4 is 5.32 Å². The molecule has 0 saturated carbocycles. The number of amides is 1. The molecule has 112 valence electrons. The van der Waals surface area contributed by atoms with Gasteiger partial charge in [-0.3, -0.25) is 9.59 Å². The summed E-state index contributed by atoms with van der Waals surface area (Å²) in [5.74, 6) is -1.33. The van der Waals surface area contributed by atoms with Gasteiger partial charge in [-0.25, -0.2) is 4.98 Å². The molecule has 1 aromatic carbocycles. The van der Waals surface area contributed by atoms with E-state index in [2.05, 4.69) is 10.3 Å². The molecule has 1 atom stereocenters. The fourth-order valence-electron chi connectivity index (χ4n) is 1.89. The van der Waals surface area contributed by atoms with Crippen molar-refractivity contribution in [2.24, 2.45) is 5.92 Å². The molecule has 0 aliphatic heterocycles. The van der Waals surface area contributed by atoms with Gasteiger partial charge in [-0.2, -0.15) is 0 Å². The van der Waals surface area contributed by atoms with E-state index in [-0.39, 0.29) is 5.91 Å². The van der Waals surface area contributed by atoms with E-state index >= 15 is 0 Å². The fraction of sp³-hybridized carbons (Fsp3) is 0.400. The number of thiazole rings is 1. The largest absolute Gasteiger partial charge is 0.481 e. The summed E-state index contributed by atoms with van der Waals surface area (Å²) in [5.41, 5.74) is 0.966. The third-order valence-corrected chi connectivity index (χ3v) is 4.32. The van der Waals surface area contributed by atoms with Crippen molar-refractivity contribution >= 4 is 33.4 Å². The van der Waals surface area contributed by atoms with Gasteiger partial charge < -0.3 is 10.4 Å². The molecule has 1 amide bonds. The van der Waals surface area contributed by atoms with Crippen molar-refractivity contribution in [3.05, 3.63) is 29.3 Å². The highest BCUT2D eigenvalue weighted by Gasteiger charge is 2.11. The molecule has 1 heterocycles. The molecule has 21 heavy (non-hydrogen) atoms. The summed E-state index contributed by atoms with van der Waals surface area (Å²) in [6.07, 6.45) is 1.43. The molecule has 0 fully saturated rings. The highest BCUT2D eigenvalue weighted by Crippen LogP contribution is 2.22. The van der Waals surface area contributed by atoms with Gasteiger partial charge in [0.05, 0.1) is 21.1 Å². The lowest BCUT2D eigenvalue weighted by Crippen LogP contribution is -2.27. The maximum Gasteiger partial charge on any atom is 0.306 e. The first-order chi connectivity index (χ1) is 10.1. The first kappa shape index (κ1) is 15.4. The summed E-state index contributed by atoms with van der Waals surface area (Å²) in [7, 11) is 0. The topological polar surface area (TPSA) is 79.3 Å². The second-order valence-electron chi connectivity index (χ2n) is 4.95. The second-order valence-corrected chi connectivity index (χ2v) is 6.07. The van der Waals surface area contributed by atoms with Crippen LogP contribution in [-0.4, -0.2) is 28.5 Å². The van der Waals surface area contributed by atoms with Crippen LogP contribution in [0.2, 0.25) is 0 Å². The number of para-hydroxylation sites is 1. The molecule has 1 unspecified atom stereocenters. The van der Waals surface area contributed by atoms with E-state index in [1.807, 2.05) is 24.3 Å². The zero-order chi connectivity index (χ0) is 15.2. The zero-order valence-corrected chi connectivity index (χ0v) is 12.7. The van der Waals surface area contributed by atoms with Crippen molar-refractivity contribution in [2.75, 3.05) is 6.54 Å². The van der Waals surface area contributed by atoms with E-state index in [1.54, 1.807) is 18.3 Å². The van der Waals surface area contributed by atoms with Gasteiger partial charge in [0.1, 0.15) is 0 Å². The van der Waals surface area contributed by atoms with E-state index in [9.17, 15) is 9.59 Å². The van der Waals surface area contributed by atoms with Gasteiger partial charge in [0.25, 0.3) is 0 Å². The molecule has 0 aliphatic rings. The van der Waals surface area contributed by atoms with Crippen LogP contribution >= 0.6 is 11.3 Å². The summed E-state index contributed by atoms with van der Waals surface area (Å²) in [5, 5.41) is 12.4. The van der Waals surface area contributed by atoms with Crippen LogP contribution in [0, 0.1) is 5.92 Å². The first-order valence-electron chi connectivity index (χ1n) is 6.90. The maximum atomic E-state index is 11.7. The van der Waals surface area contributed by atoms with Crippen molar-refractivity contribution in [3.8, 4) is 0 Å². The number of benzene rings is 1. The van der Waals surface area contributed by atoms with Gasteiger partial charge in [0.15, 0.2) is 0 Å². The Morgan fingerprint density at radius 3 is 2.86 bits per heavy atom. The molecule has 5 nitrogen and oxygen atoms in total. The standard InChI is InChI=1S/C15H18N2O3S/c1-10(15(19)20)8-9-16-13(18)6-7-14-17-11-4-2-3-5-12(11)21-14/h2-5,10H,6-9H2,1H3,(H,16,18)(H,19,20). The Bertz CT molecular complexity index is 606. The number of rotatable bonds is 7. The Balaban J connectivity index is 1.75. The number of fused-ring (bicyclic) bond motifs is 1. The maximum absolute atomic E-state index is 11.7. The minimum absolute atomic E-state index is 0.0631. The summed E-state index contributed by atoms with van der Waals surface area (Å²) in [6.45, 7) is 2.03. The highest BCUT2D eigenvalue weighted by atomic mass is 32.1. The van der Waals surface area contributed by atoms with Crippen molar-refractivity contribution in [2.45, 2.75) is 26.2 Å². The highest BCUT2D eigenvalue weighted by molar-refractivity contribution is 7.18. The number of carbonyl (C=O) groups excluding carboxylic acids is 1. The molecule has 2 N–H and O–H groups in total. The molecule has 0 saturated heterocycles. The third-order valence-electron chi connectivity index (χ3n) is 3.23. The fourth-order valence-corrected chi connectivity index (χ4v) is 2.85. The summed E-state index contributed by atoms with van der Waals surface area (Å²) in [4.78, 5) is 26.8. The SMILES string of the molecule is CC(CCNC(=O)CCc1nc2ccccc2s1)C(=O)O. The predicted octanol–water partition coefficient (Wildman–Crippen LogP) is 2.46.